The van der Waals surface area contributed by atoms with Crippen molar-refractivity contribution in [2.45, 2.75) is 57.5 Å². The standard InChI is InChI=1S/C34H50N6O8/c1-24-34(44)39(2)28-12-13-30(38-32(28)40(24)26-8-4-5-9-26)37-27-11-10-25(22-29(27)45-3)33(43)36-15-7-17-47-19-21-48-20-18-46-16-6-14-35-31(42)23-41/h10-13,22,24,26,41H,4-9,14-21,23H2,1-3H3,(H,35,42)(H,36,43)(H,37,38)/t24-/m1/s1. The van der Waals surface area contributed by atoms with Crippen LogP contribution in [0.5, 0.6) is 5.75 Å². The zero-order chi connectivity index (χ0) is 34.3. The number of pyridine rings is 1. The summed E-state index contributed by atoms with van der Waals surface area (Å²) in [6.07, 6.45) is 5.73. The molecule has 0 saturated heterocycles. The minimum atomic E-state index is -0.506. The summed E-state index contributed by atoms with van der Waals surface area (Å²) < 4.78 is 22.1. The normalized spacial score (nSPS) is 16.2. The van der Waals surface area contributed by atoms with Gasteiger partial charge in [-0.3, -0.25) is 14.4 Å². The molecule has 1 aromatic heterocycles. The lowest BCUT2D eigenvalue weighted by atomic mass is 10.1. The van der Waals surface area contributed by atoms with Crippen LogP contribution in [0.4, 0.5) is 23.0 Å². The van der Waals surface area contributed by atoms with Gasteiger partial charge in [-0.05, 0) is 62.9 Å². The number of nitrogens with zero attached hydrogens (tertiary/aromatic N) is 3. The molecule has 1 atom stereocenters. The second-order valence-electron chi connectivity index (χ2n) is 11.8. The van der Waals surface area contributed by atoms with E-state index in [-0.39, 0.29) is 17.9 Å². The monoisotopic (exact) mass is 670 g/mol. The number of hydrogen-bond acceptors (Lipinski definition) is 11. The zero-order valence-corrected chi connectivity index (χ0v) is 28.3. The molecule has 0 unspecified atom stereocenters. The van der Waals surface area contributed by atoms with Gasteiger partial charge >= 0.3 is 0 Å². The van der Waals surface area contributed by atoms with Crippen molar-refractivity contribution < 1.29 is 38.4 Å². The Labute approximate surface area is 282 Å². The lowest BCUT2D eigenvalue weighted by Crippen LogP contribution is -2.54. The number of benzene rings is 1. The topological polar surface area (TPSA) is 164 Å². The molecule has 0 bridgehead atoms. The Morgan fingerprint density at radius 2 is 1.58 bits per heavy atom. The highest BCUT2D eigenvalue weighted by Gasteiger charge is 2.39. The molecule has 2 aromatic rings. The van der Waals surface area contributed by atoms with Crippen molar-refractivity contribution in [3.8, 4) is 5.75 Å². The summed E-state index contributed by atoms with van der Waals surface area (Å²) in [5.74, 6) is 1.41. The highest BCUT2D eigenvalue weighted by Crippen LogP contribution is 2.40. The van der Waals surface area contributed by atoms with E-state index in [1.165, 1.54) is 0 Å². The Morgan fingerprint density at radius 3 is 2.23 bits per heavy atom. The molecule has 4 rings (SSSR count). The maximum absolute atomic E-state index is 13.0. The number of methoxy groups -OCH3 is 1. The van der Waals surface area contributed by atoms with Gasteiger partial charge in [-0.1, -0.05) is 12.8 Å². The van der Waals surface area contributed by atoms with Gasteiger partial charge in [-0.2, -0.15) is 0 Å². The fourth-order valence-corrected chi connectivity index (χ4v) is 5.89. The van der Waals surface area contributed by atoms with Crippen LogP contribution in [-0.2, 0) is 23.8 Å². The third-order valence-corrected chi connectivity index (χ3v) is 8.44. The summed E-state index contributed by atoms with van der Waals surface area (Å²) in [6, 6.07) is 9.02. The molecule has 1 aromatic carbocycles. The number of aliphatic hydroxyl groups excluding tert-OH is 1. The molecule has 1 aliphatic heterocycles. The van der Waals surface area contributed by atoms with Gasteiger partial charge in [0.2, 0.25) is 11.8 Å². The number of rotatable bonds is 20. The van der Waals surface area contributed by atoms with Crippen LogP contribution >= 0.6 is 0 Å². The van der Waals surface area contributed by atoms with Crippen LogP contribution in [0, 0.1) is 0 Å². The largest absolute Gasteiger partial charge is 0.495 e. The highest BCUT2D eigenvalue weighted by molar-refractivity contribution is 6.04. The van der Waals surface area contributed by atoms with Crippen LogP contribution in [0.1, 0.15) is 55.8 Å². The van der Waals surface area contributed by atoms with Crippen LogP contribution in [0.15, 0.2) is 30.3 Å². The predicted octanol–water partition coefficient (Wildman–Crippen LogP) is 2.62. The van der Waals surface area contributed by atoms with Crippen LogP contribution in [-0.4, -0.2) is 113 Å². The van der Waals surface area contributed by atoms with Crippen molar-refractivity contribution in [1.82, 2.24) is 15.6 Å². The number of carbonyl (C=O) groups is 3. The van der Waals surface area contributed by atoms with Crippen molar-refractivity contribution in [2.24, 2.45) is 0 Å². The van der Waals surface area contributed by atoms with Gasteiger partial charge in [0.1, 0.15) is 24.2 Å². The third kappa shape index (κ3) is 10.3. The van der Waals surface area contributed by atoms with Crippen LogP contribution in [0.3, 0.4) is 0 Å². The number of nitrogens with one attached hydrogen (secondary N) is 3. The molecule has 1 aliphatic carbocycles. The van der Waals surface area contributed by atoms with Gasteiger partial charge in [-0.15, -0.1) is 0 Å². The summed E-state index contributed by atoms with van der Waals surface area (Å²) in [5.41, 5.74) is 1.95. The van der Waals surface area contributed by atoms with E-state index in [0.29, 0.717) is 94.4 Å². The summed E-state index contributed by atoms with van der Waals surface area (Å²) in [6.45, 7) is 5.14. The lowest BCUT2D eigenvalue weighted by molar-refractivity contribution is -0.123. The van der Waals surface area contributed by atoms with Gasteiger partial charge in [0.05, 0.1) is 44.9 Å². The average Bonchev–Trinajstić information content (AvgIpc) is 3.63. The number of aliphatic hydroxyl groups is 1. The molecule has 264 valence electrons. The van der Waals surface area contributed by atoms with Gasteiger partial charge in [0, 0.05) is 45.0 Å². The number of anilines is 4. The van der Waals surface area contributed by atoms with E-state index in [0.717, 1.165) is 37.2 Å². The number of ether oxygens (including phenoxy) is 4. The second kappa shape index (κ2) is 19.1. The van der Waals surface area contributed by atoms with E-state index >= 15 is 0 Å². The SMILES string of the molecule is COc1cc(C(=O)NCCCOCCOCCOCCCNC(=O)CO)ccc1Nc1ccc2c(n1)N(C1CCCC1)[C@H](C)C(=O)N2C. The van der Waals surface area contributed by atoms with E-state index in [4.69, 9.17) is 29.0 Å². The van der Waals surface area contributed by atoms with Crippen LogP contribution in [0.25, 0.3) is 0 Å². The van der Waals surface area contributed by atoms with E-state index in [1.807, 2.05) is 19.1 Å². The van der Waals surface area contributed by atoms with Gasteiger partial charge in [0.15, 0.2) is 5.82 Å². The number of fused-ring (bicyclic) bond motifs is 1. The number of carbonyl (C=O) groups excluding carboxylic acids is 3. The number of aromatic nitrogens is 1. The van der Waals surface area contributed by atoms with Gasteiger partial charge in [0.25, 0.3) is 5.91 Å². The summed E-state index contributed by atoms with van der Waals surface area (Å²) >= 11 is 0. The number of likely N-dealkylation sites (N-methyl/N-ethyl adjacent to an activating group) is 1. The first-order chi connectivity index (χ1) is 23.3. The Balaban J connectivity index is 1.16. The molecule has 14 heteroatoms. The predicted molar refractivity (Wildman–Crippen MR) is 182 cm³/mol. The Bertz CT molecular complexity index is 1350. The molecule has 3 amide bonds. The lowest BCUT2D eigenvalue weighted by Gasteiger charge is -2.42. The smallest absolute Gasteiger partial charge is 0.251 e. The quantitative estimate of drug-likeness (QED) is 0.153. The molecule has 2 aliphatic rings. The van der Waals surface area contributed by atoms with Crippen molar-refractivity contribution >= 4 is 40.7 Å². The maximum Gasteiger partial charge on any atom is 0.251 e. The summed E-state index contributed by atoms with van der Waals surface area (Å²) in [5, 5.41) is 17.4. The first kappa shape index (κ1) is 36.8. The number of amides is 3. The molecular weight excluding hydrogens is 620 g/mol. The molecule has 0 spiro atoms. The molecular formula is C34H50N6O8. The van der Waals surface area contributed by atoms with E-state index in [9.17, 15) is 14.4 Å². The minimum absolute atomic E-state index is 0.0710. The fraction of sp³-hybridized carbons (Fsp3) is 0.588. The Kier molecular flexibility index (Phi) is 14.7. The highest BCUT2D eigenvalue weighted by atomic mass is 16.5. The maximum atomic E-state index is 13.0. The zero-order valence-electron chi connectivity index (χ0n) is 28.3. The first-order valence-electron chi connectivity index (χ1n) is 16.7. The molecule has 1 fully saturated rings. The summed E-state index contributed by atoms with van der Waals surface area (Å²) in [7, 11) is 3.36. The summed E-state index contributed by atoms with van der Waals surface area (Å²) in [4.78, 5) is 45.5. The molecule has 0 radical (unpaired) electrons. The molecule has 1 saturated carbocycles. The van der Waals surface area contributed by atoms with Crippen molar-refractivity contribution in [3.05, 3.63) is 35.9 Å². The van der Waals surface area contributed by atoms with Gasteiger partial charge in [-0.25, -0.2) is 4.98 Å². The van der Waals surface area contributed by atoms with Gasteiger partial charge < -0.3 is 49.8 Å². The van der Waals surface area contributed by atoms with E-state index < -0.39 is 12.5 Å². The Hall–Kier alpha value is -3.98. The van der Waals surface area contributed by atoms with Crippen LogP contribution in [0.2, 0.25) is 0 Å². The van der Waals surface area contributed by atoms with Crippen molar-refractivity contribution in [2.75, 3.05) is 88.6 Å². The molecule has 2 heterocycles. The second-order valence-corrected chi connectivity index (χ2v) is 11.8. The van der Waals surface area contributed by atoms with Crippen molar-refractivity contribution in [1.29, 1.82) is 0 Å². The van der Waals surface area contributed by atoms with Crippen LogP contribution < -0.4 is 30.5 Å². The molecule has 4 N–H and O–H groups in total. The average molecular weight is 671 g/mol. The first-order valence-corrected chi connectivity index (χ1v) is 16.7. The van der Waals surface area contributed by atoms with Crippen molar-refractivity contribution in [3.63, 3.8) is 0 Å². The van der Waals surface area contributed by atoms with E-state index in [2.05, 4.69) is 20.9 Å². The molecule has 14 nitrogen and oxygen atoms in total. The van der Waals surface area contributed by atoms with E-state index in [1.54, 1.807) is 37.3 Å². The fourth-order valence-electron chi connectivity index (χ4n) is 5.89. The third-order valence-electron chi connectivity index (χ3n) is 8.44. The molecule has 48 heavy (non-hydrogen) atoms. The number of hydrogen-bond donors (Lipinski definition) is 4. The Morgan fingerprint density at radius 1 is 0.938 bits per heavy atom. The minimum Gasteiger partial charge on any atom is -0.495 e.